The first-order chi connectivity index (χ1) is 11.0. The van der Waals surface area contributed by atoms with Gasteiger partial charge in [0.25, 0.3) is 0 Å². The fourth-order valence-electron chi connectivity index (χ4n) is 1.91. The lowest BCUT2D eigenvalue weighted by molar-refractivity contribution is -0.114. The van der Waals surface area contributed by atoms with Crippen molar-refractivity contribution < 1.29 is 14.3 Å². The Kier molecular flexibility index (Phi) is 5.84. The summed E-state index contributed by atoms with van der Waals surface area (Å²) in [5.74, 6) is -0.875. The first-order valence-corrected chi connectivity index (χ1v) is 7.43. The number of esters is 1. The van der Waals surface area contributed by atoms with Crippen LogP contribution in [0.3, 0.4) is 0 Å². The molecule has 1 amide bonds. The van der Waals surface area contributed by atoms with E-state index in [1.54, 1.807) is 42.5 Å². The van der Waals surface area contributed by atoms with Crippen molar-refractivity contribution in [3.63, 3.8) is 0 Å². The number of hydrogen-bond donors (Lipinski definition) is 2. The highest BCUT2D eigenvalue weighted by Crippen LogP contribution is 2.29. The summed E-state index contributed by atoms with van der Waals surface area (Å²) in [5.41, 5.74) is 1.13. The topological polar surface area (TPSA) is 67.4 Å². The molecule has 2 aromatic rings. The molecule has 2 aromatic carbocycles. The van der Waals surface area contributed by atoms with E-state index in [4.69, 9.17) is 23.2 Å². The largest absolute Gasteiger partial charge is 0.465 e. The van der Waals surface area contributed by atoms with Gasteiger partial charge in [-0.1, -0.05) is 41.4 Å². The predicted molar refractivity (Wildman–Crippen MR) is 91.4 cm³/mol. The molecule has 0 atom stereocenters. The molecule has 0 aliphatic rings. The molecule has 0 aliphatic heterocycles. The summed E-state index contributed by atoms with van der Waals surface area (Å²) in [4.78, 5) is 23.7. The molecular weight excluding hydrogens is 339 g/mol. The Balaban J connectivity index is 2.05. The molecule has 0 saturated carbocycles. The van der Waals surface area contributed by atoms with Crippen molar-refractivity contribution >= 4 is 46.5 Å². The van der Waals surface area contributed by atoms with Crippen molar-refractivity contribution in [3.05, 3.63) is 58.1 Å². The monoisotopic (exact) mass is 352 g/mol. The highest BCUT2D eigenvalue weighted by atomic mass is 35.5. The van der Waals surface area contributed by atoms with Gasteiger partial charge in [-0.3, -0.25) is 4.79 Å². The summed E-state index contributed by atoms with van der Waals surface area (Å²) in [6.07, 6.45) is 0. The number of rotatable bonds is 5. The molecule has 2 rings (SSSR count). The molecular formula is C16H14Cl2N2O3. The molecule has 120 valence electrons. The molecule has 0 aromatic heterocycles. The van der Waals surface area contributed by atoms with E-state index in [9.17, 15) is 9.59 Å². The van der Waals surface area contributed by atoms with Gasteiger partial charge in [-0.05, 0) is 24.3 Å². The number of carbonyl (C=O) groups excluding carboxylic acids is 2. The Labute approximate surface area is 143 Å². The number of amides is 1. The van der Waals surface area contributed by atoms with Crippen molar-refractivity contribution in [3.8, 4) is 0 Å². The van der Waals surface area contributed by atoms with Gasteiger partial charge in [0.15, 0.2) is 0 Å². The maximum Gasteiger partial charge on any atom is 0.339 e. The third kappa shape index (κ3) is 4.37. The van der Waals surface area contributed by atoms with Crippen LogP contribution in [-0.4, -0.2) is 25.5 Å². The lowest BCUT2D eigenvalue weighted by Gasteiger charge is -2.12. The van der Waals surface area contributed by atoms with Crippen LogP contribution in [0.5, 0.6) is 0 Å². The zero-order chi connectivity index (χ0) is 16.8. The van der Waals surface area contributed by atoms with Gasteiger partial charge in [0.1, 0.15) is 0 Å². The van der Waals surface area contributed by atoms with E-state index in [2.05, 4.69) is 15.4 Å². The van der Waals surface area contributed by atoms with Gasteiger partial charge in [0.2, 0.25) is 5.91 Å². The van der Waals surface area contributed by atoms with Crippen molar-refractivity contribution in [2.24, 2.45) is 0 Å². The van der Waals surface area contributed by atoms with E-state index >= 15 is 0 Å². The molecule has 0 fully saturated rings. The number of halogens is 2. The number of ether oxygens (including phenoxy) is 1. The summed E-state index contributed by atoms with van der Waals surface area (Å²) in [7, 11) is 1.28. The molecule has 5 nitrogen and oxygen atoms in total. The van der Waals surface area contributed by atoms with E-state index in [0.717, 1.165) is 0 Å². The smallest absolute Gasteiger partial charge is 0.339 e. The second kappa shape index (κ2) is 7.85. The standard InChI is InChI=1S/C16H14Cl2N2O3/c1-23-16(22)10-5-2-3-8-13(10)20-14(21)9-19-15-11(17)6-4-7-12(15)18/h2-8,19H,9H2,1H3,(H,20,21). The molecule has 0 radical (unpaired) electrons. The molecule has 0 saturated heterocycles. The summed E-state index contributed by atoms with van der Waals surface area (Å²) in [5, 5.41) is 6.35. The Hall–Kier alpha value is -2.24. The fourth-order valence-corrected chi connectivity index (χ4v) is 2.44. The normalized spacial score (nSPS) is 10.0. The quantitative estimate of drug-likeness (QED) is 0.802. The number of nitrogens with one attached hydrogen (secondary N) is 2. The zero-order valence-electron chi connectivity index (χ0n) is 12.2. The van der Waals surface area contributed by atoms with E-state index in [0.29, 0.717) is 21.4 Å². The molecule has 2 N–H and O–H groups in total. The summed E-state index contributed by atoms with van der Waals surface area (Å²) in [6.45, 7) is -0.0566. The van der Waals surface area contributed by atoms with Crippen LogP contribution in [0.25, 0.3) is 0 Å². The lowest BCUT2D eigenvalue weighted by atomic mass is 10.2. The van der Waals surface area contributed by atoms with Gasteiger partial charge in [0, 0.05) is 0 Å². The first kappa shape index (κ1) is 17.1. The van der Waals surface area contributed by atoms with E-state index < -0.39 is 5.97 Å². The highest BCUT2D eigenvalue weighted by Gasteiger charge is 2.13. The minimum Gasteiger partial charge on any atom is -0.465 e. The van der Waals surface area contributed by atoms with E-state index in [1.807, 2.05) is 0 Å². The first-order valence-electron chi connectivity index (χ1n) is 6.68. The maximum atomic E-state index is 12.1. The van der Waals surface area contributed by atoms with Gasteiger partial charge < -0.3 is 15.4 Å². The van der Waals surface area contributed by atoms with Crippen LogP contribution in [0, 0.1) is 0 Å². The molecule has 0 spiro atoms. The molecule has 0 bridgehead atoms. The lowest BCUT2D eigenvalue weighted by Crippen LogP contribution is -2.23. The average molecular weight is 353 g/mol. The molecule has 7 heteroatoms. The summed E-state index contributed by atoms with van der Waals surface area (Å²) in [6, 6.07) is 11.6. The minimum absolute atomic E-state index is 0.0566. The second-order valence-electron chi connectivity index (χ2n) is 4.54. The Morgan fingerprint density at radius 1 is 1.04 bits per heavy atom. The van der Waals surface area contributed by atoms with Gasteiger partial charge >= 0.3 is 5.97 Å². The molecule has 0 aliphatic carbocycles. The van der Waals surface area contributed by atoms with Crippen molar-refractivity contribution in [2.75, 3.05) is 24.3 Å². The van der Waals surface area contributed by atoms with Crippen molar-refractivity contribution in [1.82, 2.24) is 0 Å². The summed E-state index contributed by atoms with van der Waals surface area (Å²) < 4.78 is 4.68. The minimum atomic E-state index is -0.525. The van der Waals surface area contributed by atoms with Gasteiger partial charge in [0.05, 0.1) is 40.6 Å². The number of carbonyl (C=O) groups is 2. The highest BCUT2D eigenvalue weighted by molar-refractivity contribution is 6.39. The number of anilines is 2. The zero-order valence-corrected chi connectivity index (χ0v) is 13.7. The van der Waals surface area contributed by atoms with Crippen LogP contribution < -0.4 is 10.6 Å². The van der Waals surface area contributed by atoms with Crippen LogP contribution in [0.4, 0.5) is 11.4 Å². The van der Waals surface area contributed by atoms with Crippen molar-refractivity contribution in [1.29, 1.82) is 0 Å². The molecule has 0 unspecified atom stereocenters. The van der Waals surface area contributed by atoms with E-state index in [1.165, 1.54) is 7.11 Å². The molecule has 23 heavy (non-hydrogen) atoms. The maximum absolute atomic E-state index is 12.1. The number of benzene rings is 2. The molecule has 0 heterocycles. The van der Waals surface area contributed by atoms with Gasteiger partial charge in [-0.25, -0.2) is 4.79 Å². The van der Waals surface area contributed by atoms with Crippen LogP contribution in [0.15, 0.2) is 42.5 Å². The Morgan fingerprint density at radius 3 is 2.35 bits per heavy atom. The third-order valence-corrected chi connectivity index (χ3v) is 3.62. The number of hydrogen-bond acceptors (Lipinski definition) is 4. The van der Waals surface area contributed by atoms with Crippen molar-refractivity contribution in [2.45, 2.75) is 0 Å². The Bertz CT molecular complexity index is 715. The second-order valence-corrected chi connectivity index (χ2v) is 5.35. The van der Waals surface area contributed by atoms with Gasteiger partial charge in [-0.2, -0.15) is 0 Å². The van der Waals surface area contributed by atoms with Crippen LogP contribution in [0.2, 0.25) is 10.0 Å². The van der Waals surface area contributed by atoms with Gasteiger partial charge in [-0.15, -0.1) is 0 Å². The number of methoxy groups -OCH3 is 1. The predicted octanol–water partition coefficient (Wildman–Crippen LogP) is 3.83. The van der Waals surface area contributed by atoms with Crippen LogP contribution in [-0.2, 0) is 9.53 Å². The summed E-state index contributed by atoms with van der Waals surface area (Å²) >= 11 is 12.0. The number of para-hydroxylation sites is 2. The third-order valence-electron chi connectivity index (χ3n) is 2.99. The fraction of sp³-hybridized carbons (Fsp3) is 0.125. The van der Waals surface area contributed by atoms with Crippen LogP contribution >= 0.6 is 23.2 Å². The average Bonchev–Trinajstić information content (AvgIpc) is 2.54. The Morgan fingerprint density at radius 2 is 1.70 bits per heavy atom. The van der Waals surface area contributed by atoms with E-state index in [-0.39, 0.29) is 18.0 Å². The SMILES string of the molecule is COC(=O)c1ccccc1NC(=O)CNc1c(Cl)cccc1Cl. The van der Waals surface area contributed by atoms with Crippen LogP contribution in [0.1, 0.15) is 10.4 Å².